The summed E-state index contributed by atoms with van der Waals surface area (Å²) < 4.78 is 5.78. The monoisotopic (exact) mass is 377 g/mol. The standard InChI is InChI=1S/C20H16ClN5O/c21-17-10-15(2-4-19(17)27-11-13-5-7-23-8-6-13)26-20-16-9-14(22)1-3-18(16)24-12-25-20/h1-10,12H,11,22H2,(H,24,25,26). The number of anilines is 3. The molecule has 0 radical (unpaired) electrons. The molecule has 0 aliphatic rings. The maximum absolute atomic E-state index is 6.38. The van der Waals surface area contributed by atoms with Crippen LogP contribution in [0.25, 0.3) is 10.9 Å². The first-order valence-electron chi connectivity index (χ1n) is 8.27. The van der Waals surface area contributed by atoms with Gasteiger partial charge in [0.05, 0.1) is 10.5 Å². The molecule has 3 N–H and O–H groups in total. The Kier molecular flexibility index (Phi) is 4.72. The van der Waals surface area contributed by atoms with Gasteiger partial charge in [-0.25, -0.2) is 9.97 Å². The third-order valence-electron chi connectivity index (χ3n) is 4.00. The van der Waals surface area contributed by atoms with Crippen molar-refractivity contribution in [3.63, 3.8) is 0 Å². The van der Waals surface area contributed by atoms with Gasteiger partial charge in [0.25, 0.3) is 0 Å². The van der Waals surface area contributed by atoms with E-state index in [0.717, 1.165) is 22.2 Å². The number of fused-ring (bicyclic) bond motifs is 1. The zero-order valence-corrected chi connectivity index (χ0v) is 15.0. The molecule has 0 aliphatic heterocycles. The van der Waals surface area contributed by atoms with Crippen LogP contribution in [0.15, 0.2) is 67.3 Å². The van der Waals surface area contributed by atoms with Crippen molar-refractivity contribution in [2.45, 2.75) is 6.61 Å². The fourth-order valence-corrected chi connectivity index (χ4v) is 2.88. The molecule has 2 heterocycles. The zero-order chi connectivity index (χ0) is 18.6. The minimum Gasteiger partial charge on any atom is -0.487 e. The van der Waals surface area contributed by atoms with Crippen LogP contribution in [0.1, 0.15) is 5.56 Å². The highest BCUT2D eigenvalue weighted by atomic mass is 35.5. The molecule has 0 unspecified atom stereocenters. The third-order valence-corrected chi connectivity index (χ3v) is 4.29. The summed E-state index contributed by atoms with van der Waals surface area (Å²) in [5.74, 6) is 1.27. The van der Waals surface area contributed by atoms with Crippen LogP contribution in [-0.2, 0) is 6.61 Å². The molecule has 4 aromatic rings. The molecule has 0 spiro atoms. The molecule has 0 atom stereocenters. The van der Waals surface area contributed by atoms with Crippen molar-refractivity contribution in [3.05, 3.63) is 77.8 Å². The van der Waals surface area contributed by atoms with Gasteiger partial charge in [0.2, 0.25) is 0 Å². The fourth-order valence-electron chi connectivity index (χ4n) is 2.65. The van der Waals surface area contributed by atoms with Crippen molar-refractivity contribution >= 4 is 39.7 Å². The molecule has 0 amide bonds. The predicted octanol–water partition coefficient (Wildman–Crippen LogP) is 4.58. The lowest BCUT2D eigenvalue weighted by Crippen LogP contribution is -1.99. The molecule has 7 heteroatoms. The van der Waals surface area contributed by atoms with Gasteiger partial charge in [-0.2, -0.15) is 0 Å². The van der Waals surface area contributed by atoms with Crippen LogP contribution in [0.5, 0.6) is 5.75 Å². The maximum Gasteiger partial charge on any atom is 0.141 e. The van der Waals surface area contributed by atoms with Gasteiger partial charge in [-0.15, -0.1) is 0 Å². The first-order valence-corrected chi connectivity index (χ1v) is 8.65. The molecule has 0 saturated carbocycles. The van der Waals surface area contributed by atoms with Crippen molar-refractivity contribution in [1.82, 2.24) is 15.0 Å². The molecule has 27 heavy (non-hydrogen) atoms. The Labute approximate surface area is 161 Å². The van der Waals surface area contributed by atoms with Gasteiger partial charge in [0, 0.05) is 29.2 Å². The van der Waals surface area contributed by atoms with E-state index < -0.39 is 0 Å². The Morgan fingerprint density at radius 3 is 2.67 bits per heavy atom. The number of nitrogens with zero attached hydrogens (tertiary/aromatic N) is 3. The molecular formula is C20H16ClN5O. The van der Waals surface area contributed by atoms with E-state index in [1.807, 2.05) is 42.5 Å². The van der Waals surface area contributed by atoms with Crippen molar-refractivity contribution in [1.29, 1.82) is 0 Å². The molecule has 2 aromatic heterocycles. The number of hydrogen-bond donors (Lipinski definition) is 2. The normalized spacial score (nSPS) is 10.7. The van der Waals surface area contributed by atoms with Crippen LogP contribution in [0.4, 0.5) is 17.2 Å². The minimum absolute atomic E-state index is 0.421. The topological polar surface area (TPSA) is 86.0 Å². The highest BCUT2D eigenvalue weighted by molar-refractivity contribution is 6.32. The highest BCUT2D eigenvalue weighted by Gasteiger charge is 2.08. The van der Waals surface area contributed by atoms with Crippen LogP contribution >= 0.6 is 11.6 Å². The molecule has 134 valence electrons. The highest BCUT2D eigenvalue weighted by Crippen LogP contribution is 2.31. The summed E-state index contributed by atoms with van der Waals surface area (Å²) in [5, 5.41) is 4.61. The number of rotatable bonds is 5. The third kappa shape index (κ3) is 3.91. The smallest absolute Gasteiger partial charge is 0.141 e. The number of hydrogen-bond acceptors (Lipinski definition) is 6. The SMILES string of the molecule is Nc1ccc2ncnc(Nc3ccc(OCc4ccncc4)c(Cl)c3)c2c1. The number of nitrogens with one attached hydrogen (secondary N) is 1. The second kappa shape index (κ2) is 7.47. The van der Waals surface area contributed by atoms with Crippen molar-refractivity contribution < 1.29 is 4.74 Å². The molecule has 6 nitrogen and oxygen atoms in total. The quantitative estimate of drug-likeness (QED) is 0.495. The lowest BCUT2D eigenvalue weighted by molar-refractivity contribution is 0.306. The van der Waals surface area contributed by atoms with E-state index in [0.29, 0.717) is 28.9 Å². The molecule has 0 aliphatic carbocycles. The van der Waals surface area contributed by atoms with Gasteiger partial charge in [0.15, 0.2) is 0 Å². The number of nitrogen functional groups attached to an aromatic ring is 1. The van der Waals surface area contributed by atoms with E-state index in [1.54, 1.807) is 18.5 Å². The number of benzene rings is 2. The number of nitrogens with two attached hydrogens (primary N) is 1. The average molecular weight is 378 g/mol. The van der Waals surface area contributed by atoms with Crippen LogP contribution in [0.2, 0.25) is 5.02 Å². The van der Waals surface area contributed by atoms with Gasteiger partial charge in [-0.05, 0) is 54.1 Å². The lowest BCUT2D eigenvalue weighted by Gasteiger charge is -2.12. The first-order chi connectivity index (χ1) is 13.2. The van der Waals surface area contributed by atoms with E-state index in [9.17, 15) is 0 Å². The van der Waals surface area contributed by atoms with Gasteiger partial charge >= 0.3 is 0 Å². The Bertz CT molecular complexity index is 1090. The number of pyridine rings is 1. The van der Waals surface area contributed by atoms with Crippen molar-refractivity contribution in [2.75, 3.05) is 11.1 Å². The molecule has 0 saturated heterocycles. The van der Waals surface area contributed by atoms with E-state index in [1.165, 1.54) is 6.33 Å². The second-order valence-corrected chi connectivity index (χ2v) is 6.32. The largest absolute Gasteiger partial charge is 0.487 e. The number of halogens is 1. The summed E-state index contributed by atoms with van der Waals surface area (Å²) >= 11 is 6.38. The Morgan fingerprint density at radius 2 is 1.85 bits per heavy atom. The van der Waals surface area contributed by atoms with Gasteiger partial charge < -0.3 is 15.8 Å². The van der Waals surface area contributed by atoms with Crippen LogP contribution in [0, 0.1) is 0 Å². The summed E-state index contributed by atoms with van der Waals surface area (Å²) in [6, 6.07) is 14.8. The Morgan fingerprint density at radius 1 is 1.00 bits per heavy atom. The van der Waals surface area contributed by atoms with Gasteiger partial charge in [-0.1, -0.05) is 11.6 Å². The summed E-state index contributed by atoms with van der Waals surface area (Å²) in [6.45, 7) is 0.421. The van der Waals surface area contributed by atoms with Crippen molar-refractivity contribution in [3.8, 4) is 5.75 Å². The van der Waals surface area contributed by atoms with Gasteiger partial charge in [-0.3, -0.25) is 4.98 Å². The van der Waals surface area contributed by atoms with Crippen LogP contribution in [0.3, 0.4) is 0 Å². The summed E-state index contributed by atoms with van der Waals surface area (Å²) in [5.41, 5.74) is 9.16. The predicted molar refractivity (Wildman–Crippen MR) is 107 cm³/mol. The minimum atomic E-state index is 0.421. The maximum atomic E-state index is 6.38. The van der Waals surface area contributed by atoms with Crippen LogP contribution in [-0.4, -0.2) is 15.0 Å². The van der Waals surface area contributed by atoms with Crippen LogP contribution < -0.4 is 15.8 Å². The molecule has 2 aromatic carbocycles. The Balaban J connectivity index is 1.54. The average Bonchev–Trinajstić information content (AvgIpc) is 2.69. The lowest BCUT2D eigenvalue weighted by atomic mass is 10.2. The van der Waals surface area contributed by atoms with E-state index in [4.69, 9.17) is 22.1 Å². The molecule has 0 bridgehead atoms. The summed E-state index contributed by atoms with van der Waals surface area (Å²) in [6.07, 6.45) is 4.97. The zero-order valence-electron chi connectivity index (χ0n) is 14.3. The van der Waals surface area contributed by atoms with E-state index in [2.05, 4.69) is 20.3 Å². The van der Waals surface area contributed by atoms with E-state index >= 15 is 0 Å². The second-order valence-electron chi connectivity index (χ2n) is 5.91. The number of ether oxygens (including phenoxy) is 1. The molecule has 0 fully saturated rings. The molecular weight excluding hydrogens is 362 g/mol. The first kappa shape index (κ1) is 17.1. The summed E-state index contributed by atoms with van der Waals surface area (Å²) in [4.78, 5) is 12.6. The van der Waals surface area contributed by atoms with Gasteiger partial charge in [0.1, 0.15) is 24.5 Å². The molecule has 4 rings (SSSR count). The Hall–Kier alpha value is -3.38. The fraction of sp³-hybridized carbons (Fsp3) is 0.0500. The van der Waals surface area contributed by atoms with Crippen molar-refractivity contribution in [2.24, 2.45) is 0 Å². The number of aromatic nitrogens is 3. The van der Waals surface area contributed by atoms with E-state index in [-0.39, 0.29) is 0 Å². The summed E-state index contributed by atoms with van der Waals surface area (Å²) in [7, 11) is 0.